The van der Waals surface area contributed by atoms with E-state index in [-0.39, 0.29) is 17.3 Å². The summed E-state index contributed by atoms with van der Waals surface area (Å²) < 4.78 is 26.7. The van der Waals surface area contributed by atoms with Gasteiger partial charge in [0.2, 0.25) is 10.0 Å². The van der Waals surface area contributed by atoms with Crippen LogP contribution in [0.5, 0.6) is 0 Å². The molecule has 1 aliphatic heterocycles. The number of carbonyl (C=O) groups excluding carboxylic acids is 1. The van der Waals surface area contributed by atoms with Crippen molar-refractivity contribution in [2.75, 3.05) is 18.5 Å². The second kappa shape index (κ2) is 7.81. The van der Waals surface area contributed by atoms with E-state index in [1.54, 1.807) is 54.4 Å². The predicted octanol–water partition coefficient (Wildman–Crippen LogP) is 3.71. The minimum absolute atomic E-state index is 0.0354. The minimum Gasteiger partial charge on any atom is -0.308 e. The number of fused-ring (bicyclic) bond motifs is 1. The van der Waals surface area contributed by atoms with E-state index in [1.807, 2.05) is 30.3 Å². The van der Waals surface area contributed by atoms with Gasteiger partial charge in [-0.1, -0.05) is 48.5 Å². The summed E-state index contributed by atoms with van der Waals surface area (Å²) >= 11 is 0. The van der Waals surface area contributed by atoms with Gasteiger partial charge < -0.3 is 4.90 Å². The Bertz CT molecular complexity index is 1130. The molecule has 29 heavy (non-hydrogen) atoms. The van der Waals surface area contributed by atoms with Crippen LogP contribution in [0.1, 0.15) is 21.5 Å². The number of hydrogen-bond acceptors (Lipinski definition) is 3. The number of anilines is 1. The lowest BCUT2D eigenvalue weighted by Crippen LogP contribution is -2.29. The van der Waals surface area contributed by atoms with Gasteiger partial charge in [0.1, 0.15) is 0 Å². The van der Waals surface area contributed by atoms with Crippen LogP contribution in [-0.2, 0) is 23.0 Å². The van der Waals surface area contributed by atoms with Crippen molar-refractivity contribution >= 4 is 21.6 Å². The van der Waals surface area contributed by atoms with Gasteiger partial charge in [-0.25, -0.2) is 8.42 Å². The van der Waals surface area contributed by atoms with Crippen molar-refractivity contribution in [3.8, 4) is 0 Å². The van der Waals surface area contributed by atoms with Gasteiger partial charge in [-0.15, -0.1) is 0 Å². The molecule has 5 nitrogen and oxygen atoms in total. The van der Waals surface area contributed by atoms with E-state index in [2.05, 4.69) is 6.07 Å². The summed E-state index contributed by atoms with van der Waals surface area (Å²) in [5.74, 6) is -0.0354. The first-order chi connectivity index (χ1) is 14.0. The Kier molecular flexibility index (Phi) is 5.22. The summed E-state index contributed by atoms with van der Waals surface area (Å²) in [5.41, 5.74) is 3.57. The molecule has 6 heteroatoms. The molecule has 148 valence electrons. The van der Waals surface area contributed by atoms with Crippen LogP contribution in [0.2, 0.25) is 0 Å². The maximum Gasteiger partial charge on any atom is 0.258 e. The number of benzene rings is 3. The van der Waals surface area contributed by atoms with Crippen molar-refractivity contribution in [2.45, 2.75) is 17.9 Å². The zero-order valence-corrected chi connectivity index (χ0v) is 17.0. The Morgan fingerprint density at radius 1 is 0.931 bits per heavy atom. The number of amides is 1. The minimum atomic E-state index is -3.55. The summed E-state index contributed by atoms with van der Waals surface area (Å²) in [5, 5.41) is 0. The molecule has 3 aromatic carbocycles. The van der Waals surface area contributed by atoms with Crippen LogP contribution in [0.25, 0.3) is 0 Å². The third-order valence-electron chi connectivity index (χ3n) is 5.19. The van der Waals surface area contributed by atoms with Crippen LogP contribution in [0, 0.1) is 0 Å². The van der Waals surface area contributed by atoms with Gasteiger partial charge in [-0.3, -0.25) is 4.79 Å². The van der Waals surface area contributed by atoms with Gasteiger partial charge in [0, 0.05) is 31.4 Å². The second-order valence-electron chi connectivity index (χ2n) is 7.11. The SMILES string of the molecule is CN(Cc1ccc(C(=O)N2CCc3ccccc32)cc1)S(=O)(=O)c1ccccc1. The molecule has 0 aliphatic carbocycles. The molecular formula is C23H22N2O3S. The van der Waals surface area contributed by atoms with Crippen molar-refractivity contribution in [3.63, 3.8) is 0 Å². The molecule has 0 fully saturated rings. The number of para-hydroxylation sites is 1. The van der Waals surface area contributed by atoms with E-state index in [1.165, 1.54) is 9.87 Å². The molecule has 1 heterocycles. The standard InChI is InChI=1S/C23H22N2O3S/c1-24(29(27,28)21-8-3-2-4-9-21)17-18-11-13-20(14-12-18)23(26)25-16-15-19-7-5-6-10-22(19)25/h2-14H,15-17H2,1H3. The van der Waals surface area contributed by atoms with Gasteiger partial charge >= 0.3 is 0 Å². The number of sulfonamides is 1. The summed E-state index contributed by atoms with van der Waals surface area (Å²) in [6.07, 6.45) is 0.863. The first-order valence-electron chi connectivity index (χ1n) is 9.47. The third-order valence-corrected chi connectivity index (χ3v) is 7.01. The lowest BCUT2D eigenvalue weighted by Gasteiger charge is -2.19. The quantitative estimate of drug-likeness (QED) is 0.649. The Labute approximate surface area is 171 Å². The average molecular weight is 407 g/mol. The summed E-state index contributed by atoms with van der Waals surface area (Å²) in [4.78, 5) is 15.0. The highest BCUT2D eigenvalue weighted by atomic mass is 32.2. The fourth-order valence-corrected chi connectivity index (χ4v) is 4.75. The van der Waals surface area contributed by atoms with E-state index in [0.29, 0.717) is 12.1 Å². The van der Waals surface area contributed by atoms with Gasteiger partial charge in [0.25, 0.3) is 5.91 Å². The Morgan fingerprint density at radius 2 is 1.59 bits per heavy atom. The maximum atomic E-state index is 12.9. The number of hydrogen-bond donors (Lipinski definition) is 0. The van der Waals surface area contributed by atoms with Crippen LogP contribution in [0.15, 0.2) is 83.8 Å². The topological polar surface area (TPSA) is 57.7 Å². The molecular weight excluding hydrogens is 384 g/mol. The normalized spacial score (nSPS) is 13.5. The van der Waals surface area contributed by atoms with E-state index >= 15 is 0 Å². The van der Waals surface area contributed by atoms with Crippen molar-refractivity contribution < 1.29 is 13.2 Å². The molecule has 4 rings (SSSR count). The molecule has 0 saturated heterocycles. The molecule has 1 amide bonds. The molecule has 0 aromatic heterocycles. The first-order valence-corrected chi connectivity index (χ1v) is 10.9. The third kappa shape index (κ3) is 3.81. The van der Waals surface area contributed by atoms with E-state index in [0.717, 1.165) is 17.7 Å². The Morgan fingerprint density at radius 3 is 2.31 bits per heavy atom. The molecule has 3 aromatic rings. The summed E-state index contributed by atoms with van der Waals surface area (Å²) in [6.45, 7) is 0.913. The fraction of sp³-hybridized carbons (Fsp3) is 0.174. The highest BCUT2D eigenvalue weighted by Crippen LogP contribution is 2.29. The smallest absolute Gasteiger partial charge is 0.258 e. The lowest BCUT2D eigenvalue weighted by molar-refractivity contribution is 0.0989. The second-order valence-corrected chi connectivity index (χ2v) is 9.15. The van der Waals surface area contributed by atoms with E-state index in [9.17, 15) is 13.2 Å². The molecule has 1 aliphatic rings. The zero-order valence-electron chi connectivity index (χ0n) is 16.2. The van der Waals surface area contributed by atoms with Crippen molar-refractivity contribution in [1.82, 2.24) is 4.31 Å². The maximum absolute atomic E-state index is 12.9. The van der Waals surface area contributed by atoms with Gasteiger partial charge in [-0.05, 0) is 47.9 Å². The van der Waals surface area contributed by atoms with Crippen LogP contribution in [0.3, 0.4) is 0 Å². The lowest BCUT2D eigenvalue weighted by atomic mass is 10.1. The van der Waals surface area contributed by atoms with Crippen LogP contribution >= 0.6 is 0 Å². The molecule has 0 bridgehead atoms. The number of nitrogens with zero attached hydrogens (tertiary/aromatic N) is 2. The molecule has 0 radical (unpaired) electrons. The number of carbonyl (C=O) groups is 1. The summed E-state index contributed by atoms with van der Waals surface area (Å²) in [7, 11) is -1.99. The molecule has 0 saturated carbocycles. The Hall–Kier alpha value is -2.96. The van der Waals surface area contributed by atoms with Gasteiger partial charge in [0.05, 0.1) is 4.90 Å². The monoisotopic (exact) mass is 406 g/mol. The number of rotatable bonds is 5. The predicted molar refractivity (Wildman–Crippen MR) is 113 cm³/mol. The van der Waals surface area contributed by atoms with Crippen LogP contribution in [0.4, 0.5) is 5.69 Å². The van der Waals surface area contributed by atoms with E-state index < -0.39 is 10.0 Å². The first kappa shape index (κ1) is 19.4. The fourth-order valence-electron chi connectivity index (χ4n) is 3.57. The molecule has 0 unspecified atom stereocenters. The molecule has 0 atom stereocenters. The largest absolute Gasteiger partial charge is 0.308 e. The highest BCUT2D eigenvalue weighted by molar-refractivity contribution is 7.89. The average Bonchev–Trinajstić information content (AvgIpc) is 3.18. The molecule has 0 spiro atoms. The van der Waals surface area contributed by atoms with Crippen molar-refractivity contribution in [2.24, 2.45) is 0 Å². The van der Waals surface area contributed by atoms with Crippen LogP contribution < -0.4 is 4.90 Å². The Balaban J connectivity index is 1.48. The van der Waals surface area contributed by atoms with E-state index in [4.69, 9.17) is 0 Å². The summed E-state index contributed by atoms with van der Waals surface area (Å²) in [6, 6.07) is 23.5. The highest BCUT2D eigenvalue weighted by Gasteiger charge is 2.25. The molecule has 0 N–H and O–H groups in total. The zero-order chi connectivity index (χ0) is 20.4. The van der Waals surface area contributed by atoms with Gasteiger partial charge in [-0.2, -0.15) is 4.31 Å². The van der Waals surface area contributed by atoms with Crippen LogP contribution in [-0.4, -0.2) is 32.2 Å². The van der Waals surface area contributed by atoms with Gasteiger partial charge in [0.15, 0.2) is 0 Å². The van der Waals surface area contributed by atoms with Crippen molar-refractivity contribution in [1.29, 1.82) is 0 Å². The van der Waals surface area contributed by atoms with Crippen molar-refractivity contribution in [3.05, 3.63) is 95.6 Å².